The normalized spacial score (nSPS) is 12.0. The molecule has 0 spiro atoms. The monoisotopic (exact) mass is 374 g/mol. The van der Waals surface area contributed by atoms with Gasteiger partial charge in [0.05, 0.1) is 11.4 Å². The van der Waals surface area contributed by atoms with Crippen molar-refractivity contribution in [3.8, 4) is 0 Å². The van der Waals surface area contributed by atoms with Crippen LogP contribution in [-0.2, 0) is 22.8 Å². The number of pyridine rings is 1. The third kappa shape index (κ3) is 6.15. The Labute approximate surface area is 155 Å². The van der Waals surface area contributed by atoms with Crippen LogP contribution in [0.2, 0.25) is 0 Å². The number of aliphatic imine (C=N–C) groups is 1. The molecule has 0 aliphatic heterocycles. The van der Waals surface area contributed by atoms with Crippen LogP contribution in [-0.4, -0.2) is 38.7 Å². The smallest absolute Gasteiger partial charge is 0.191 e. The van der Waals surface area contributed by atoms with E-state index < -0.39 is 9.84 Å². The quantitative estimate of drug-likeness (QED) is 0.573. The van der Waals surface area contributed by atoms with Gasteiger partial charge in [0.15, 0.2) is 15.8 Å². The second kappa shape index (κ2) is 9.33. The van der Waals surface area contributed by atoms with Crippen molar-refractivity contribution in [2.75, 3.05) is 19.3 Å². The Morgan fingerprint density at radius 2 is 2.00 bits per heavy atom. The molecule has 1 heterocycles. The zero-order valence-electron chi connectivity index (χ0n) is 15.5. The van der Waals surface area contributed by atoms with Crippen LogP contribution in [0.15, 0.2) is 52.5 Å². The number of nitrogens with zero attached hydrogens (tertiary/aromatic N) is 2. The number of hydrogen-bond acceptors (Lipinski definition) is 4. The maximum Gasteiger partial charge on any atom is 0.191 e. The van der Waals surface area contributed by atoms with Crippen LogP contribution in [0.25, 0.3) is 0 Å². The first-order valence-corrected chi connectivity index (χ1v) is 10.5. The van der Waals surface area contributed by atoms with Crippen LogP contribution in [0.1, 0.15) is 23.7 Å². The Balaban J connectivity index is 1.98. The zero-order chi connectivity index (χ0) is 19.0. The predicted molar refractivity (Wildman–Crippen MR) is 105 cm³/mol. The average Bonchev–Trinajstić information content (AvgIpc) is 2.59. The molecular weight excluding hydrogens is 348 g/mol. The molecule has 0 amide bonds. The lowest BCUT2D eigenvalue weighted by Crippen LogP contribution is -2.38. The maximum atomic E-state index is 11.7. The van der Waals surface area contributed by atoms with Gasteiger partial charge in [0.25, 0.3) is 0 Å². The van der Waals surface area contributed by atoms with E-state index >= 15 is 0 Å². The molecule has 0 unspecified atom stereocenters. The molecule has 1 aromatic carbocycles. The first kappa shape index (κ1) is 19.9. The van der Waals surface area contributed by atoms with E-state index in [9.17, 15) is 8.42 Å². The molecule has 0 aliphatic rings. The molecule has 0 aliphatic carbocycles. The van der Waals surface area contributed by atoms with Gasteiger partial charge in [0, 0.05) is 37.7 Å². The van der Waals surface area contributed by atoms with Crippen LogP contribution in [0.4, 0.5) is 0 Å². The number of sulfone groups is 1. The summed E-state index contributed by atoms with van der Waals surface area (Å²) in [5.41, 5.74) is 2.74. The number of guanidine groups is 1. The van der Waals surface area contributed by atoms with Gasteiger partial charge in [-0.3, -0.25) is 4.98 Å². The summed E-state index contributed by atoms with van der Waals surface area (Å²) in [4.78, 5) is 9.24. The lowest BCUT2D eigenvalue weighted by Gasteiger charge is -2.11. The molecule has 1 aromatic heterocycles. The van der Waals surface area contributed by atoms with E-state index in [1.807, 2.05) is 37.3 Å². The van der Waals surface area contributed by atoms with E-state index in [2.05, 4.69) is 20.6 Å². The van der Waals surface area contributed by atoms with Crippen molar-refractivity contribution in [2.45, 2.75) is 31.7 Å². The highest BCUT2D eigenvalue weighted by atomic mass is 32.2. The van der Waals surface area contributed by atoms with Gasteiger partial charge in [-0.05, 0) is 43.2 Å². The topological polar surface area (TPSA) is 83.5 Å². The molecule has 7 heteroatoms. The van der Waals surface area contributed by atoms with Crippen LogP contribution in [0.3, 0.4) is 0 Å². The van der Waals surface area contributed by atoms with E-state index in [1.54, 1.807) is 19.2 Å². The van der Waals surface area contributed by atoms with Crippen molar-refractivity contribution < 1.29 is 8.42 Å². The summed E-state index contributed by atoms with van der Waals surface area (Å²) in [6.07, 6.45) is 3.83. The van der Waals surface area contributed by atoms with E-state index in [0.29, 0.717) is 11.4 Å². The predicted octanol–water partition coefficient (Wildman–Crippen LogP) is 2.09. The van der Waals surface area contributed by atoms with Crippen molar-refractivity contribution in [2.24, 2.45) is 4.99 Å². The maximum absolute atomic E-state index is 11.7. The van der Waals surface area contributed by atoms with Gasteiger partial charge < -0.3 is 10.6 Å². The van der Waals surface area contributed by atoms with Crippen LogP contribution in [0, 0.1) is 6.92 Å². The number of benzene rings is 1. The molecule has 0 fully saturated rings. The fraction of sp³-hybridized carbons (Fsp3) is 0.368. The summed E-state index contributed by atoms with van der Waals surface area (Å²) < 4.78 is 23.4. The van der Waals surface area contributed by atoms with Gasteiger partial charge in [-0.25, -0.2) is 13.4 Å². The minimum atomic E-state index is -3.19. The molecule has 0 saturated carbocycles. The van der Waals surface area contributed by atoms with Gasteiger partial charge in [0.1, 0.15) is 0 Å². The molecule has 0 atom stereocenters. The number of nitrogens with one attached hydrogen (secondary N) is 2. The Bertz CT molecular complexity index is 849. The molecule has 0 bridgehead atoms. The summed E-state index contributed by atoms with van der Waals surface area (Å²) in [7, 11) is -3.19. The number of aryl methyl sites for hydroxylation is 1. The standard InChI is InChI=1S/C19H26N4O2S/c1-4-20-19(22-12-10-17-7-5-6-11-21-17)23-14-16-8-9-18(15(2)13-16)26(3,24)25/h5-9,11,13H,4,10,12,14H2,1-3H3,(H2,20,22,23). The fourth-order valence-corrected chi connectivity index (χ4v) is 3.55. The minimum absolute atomic E-state index is 0.366. The van der Waals surface area contributed by atoms with Crippen molar-refractivity contribution in [3.63, 3.8) is 0 Å². The Morgan fingerprint density at radius 1 is 1.19 bits per heavy atom. The number of rotatable bonds is 7. The van der Waals surface area contributed by atoms with Gasteiger partial charge in [-0.2, -0.15) is 0 Å². The van der Waals surface area contributed by atoms with Crippen molar-refractivity contribution in [1.29, 1.82) is 0 Å². The summed E-state index contributed by atoms with van der Waals surface area (Å²) in [5, 5.41) is 6.50. The Hall–Kier alpha value is -2.41. The Morgan fingerprint density at radius 3 is 2.62 bits per heavy atom. The van der Waals surface area contributed by atoms with E-state index in [1.165, 1.54) is 6.26 Å². The third-order valence-corrected chi connectivity index (χ3v) is 5.06. The first-order chi connectivity index (χ1) is 12.4. The van der Waals surface area contributed by atoms with Gasteiger partial charge in [-0.1, -0.05) is 18.2 Å². The van der Waals surface area contributed by atoms with Gasteiger partial charge >= 0.3 is 0 Å². The van der Waals surface area contributed by atoms with Crippen molar-refractivity contribution >= 4 is 15.8 Å². The minimum Gasteiger partial charge on any atom is -0.357 e. The molecule has 2 rings (SSSR count). The summed E-state index contributed by atoms with van der Waals surface area (Å²) in [6.45, 7) is 5.79. The highest BCUT2D eigenvalue weighted by molar-refractivity contribution is 7.90. The summed E-state index contributed by atoms with van der Waals surface area (Å²) in [6, 6.07) is 11.2. The molecule has 2 N–H and O–H groups in total. The Kier molecular flexibility index (Phi) is 7.15. The van der Waals surface area contributed by atoms with E-state index in [-0.39, 0.29) is 0 Å². The fourth-order valence-electron chi connectivity index (χ4n) is 2.59. The van der Waals surface area contributed by atoms with E-state index in [0.717, 1.165) is 42.3 Å². The average molecular weight is 375 g/mol. The van der Waals surface area contributed by atoms with Gasteiger partial charge in [-0.15, -0.1) is 0 Å². The zero-order valence-corrected chi connectivity index (χ0v) is 16.3. The highest BCUT2D eigenvalue weighted by Gasteiger charge is 2.10. The largest absolute Gasteiger partial charge is 0.357 e. The van der Waals surface area contributed by atoms with Crippen LogP contribution >= 0.6 is 0 Å². The molecule has 2 aromatic rings. The van der Waals surface area contributed by atoms with Crippen molar-refractivity contribution in [3.05, 3.63) is 59.4 Å². The molecule has 140 valence electrons. The lowest BCUT2D eigenvalue weighted by molar-refractivity contribution is 0.601. The molecule has 0 saturated heterocycles. The highest BCUT2D eigenvalue weighted by Crippen LogP contribution is 2.17. The summed E-state index contributed by atoms with van der Waals surface area (Å²) >= 11 is 0. The molecule has 26 heavy (non-hydrogen) atoms. The van der Waals surface area contributed by atoms with Crippen molar-refractivity contribution in [1.82, 2.24) is 15.6 Å². The molecule has 6 nitrogen and oxygen atoms in total. The molecule has 0 radical (unpaired) electrons. The van der Waals surface area contributed by atoms with Crippen LogP contribution < -0.4 is 10.6 Å². The van der Waals surface area contributed by atoms with Gasteiger partial charge in [0.2, 0.25) is 0 Å². The number of aromatic nitrogens is 1. The number of hydrogen-bond donors (Lipinski definition) is 2. The second-order valence-corrected chi connectivity index (χ2v) is 8.05. The summed E-state index contributed by atoms with van der Waals surface area (Å²) in [5.74, 6) is 0.730. The van der Waals surface area contributed by atoms with E-state index in [4.69, 9.17) is 0 Å². The molecular formula is C19H26N4O2S. The van der Waals surface area contributed by atoms with Crippen LogP contribution in [0.5, 0.6) is 0 Å². The first-order valence-electron chi connectivity index (χ1n) is 8.62. The third-order valence-electron chi connectivity index (χ3n) is 3.80. The SMILES string of the molecule is CCNC(=NCc1ccc(S(C)(=O)=O)c(C)c1)NCCc1ccccn1. The second-order valence-electron chi connectivity index (χ2n) is 6.07. The lowest BCUT2D eigenvalue weighted by atomic mass is 10.1.